The highest BCUT2D eigenvalue weighted by Crippen LogP contribution is 2.29. The van der Waals surface area contributed by atoms with Crippen LogP contribution < -0.4 is 9.86 Å². The molecule has 0 aliphatic heterocycles. The molecule has 2 aromatic carbocycles. The molecule has 0 saturated heterocycles. The SMILES string of the molecule is CCCCS(=O)(=O)Nc1cnc2c(nc(CCC)n2Cc2ccc(-c3ccccc3S(N)(=O)=O)cc2)c1C. The lowest BCUT2D eigenvalue weighted by atomic mass is 10.0. The van der Waals surface area contributed by atoms with Crippen molar-refractivity contribution in [2.24, 2.45) is 5.14 Å². The van der Waals surface area contributed by atoms with E-state index < -0.39 is 20.0 Å². The third-order valence-corrected chi connectivity index (χ3v) is 8.73. The molecule has 0 aliphatic carbocycles. The van der Waals surface area contributed by atoms with E-state index >= 15 is 0 Å². The van der Waals surface area contributed by atoms with E-state index in [0.29, 0.717) is 35.4 Å². The van der Waals surface area contributed by atoms with Gasteiger partial charge in [-0.15, -0.1) is 0 Å². The van der Waals surface area contributed by atoms with Crippen molar-refractivity contribution in [1.29, 1.82) is 0 Å². The number of unbranched alkanes of at least 4 members (excludes halogenated alkanes) is 1. The standard InChI is InChI=1S/C27H33N5O4S2/c1-4-6-16-37(33,34)31-23-17-29-27-26(19(23)3)30-25(9-5-2)32(27)18-20-12-14-21(15-13-20)22-10-7-8-11-24(22)38(28,35)36/h7-8,10-15,17,31H,4-6,9,16,18H2,1-3H3,(H2,28,35,36). The quantitative estimate of drug-likeness (QED) is 0.278. The van der Waals surface area contributed by atoms with Crippen molar-refractivity contribution in [2.75, 3.05) is 10.5 Å². The highest BCUT2D eigenvalue weighted by Gasteiger charge is 2.19. The number of aryl methyl sites for hydroxylation is 2. The lowest BCUT2D eigenvalue weighted by molar-refractivity contribution is 0.596. The maximum absolute atomic E-state index is 12.5. The number of nitrogens with two attached hydrogens (primary N) is 1. The summed E-state index contributed by atoms with van der Waals surface area (Å²) in [7, 11) is -7.32. The summed E-state index contributed by atoms with van der Waals surface area (Å²) < 4.78 is 53.7. The zero-order chi connectivity index (χ0) is 27.5. The van der Waals surface area contributed by atoms with Crippen molar-refractivity contribution in [3.8, 4) is 11.1 Å². The van der Waals surface area contributed by atoms with Gasteiger partial charge < -0.3 is 4.57 Å². The molecule has 0 amide bonds. The van der Waals surface area contributed by atoms with Crippen LogP contribution in [0.4, 0.5) is 5.69 Å². The Morgan fingerprint density at radius 1 is 0.974 bits per heavy atom. The molecule has 202 valence electrons. The van der Waals surface area contributed by atoms with Crippen LogP contribution in [0.25, 0.3) is 22.3 Å². The van der Waals surface area contributed by atoms with Crippen molar-refractivity contribution in [3.63, 3.8) is 0 Å². The summed E-state index contributed by atoms with van der Waals surface area (Å²) in [6, 6.07) is 14.3. The molecule has 0 bridgehead atoms. The van der Waals surface area contributed by atoms with Crippen LogP contribution in [0.2, 0.25) is 0 Å². The van der Waals surface area contributed by atoms with Crippen molar-refractivity contribution in [1.82, 2.24) is 14.5 Å². The predicted molar refractivity (Wildman–Crippen MR) is 151 cm³/mol. The second-order valence-electron chi connectivity index (χ2n) is 9.35. The number of pyridine rings is 1. The largest absolute Gasteiger partial charge is 0.308 e. The Labute approximate surface area is 224 Å². The first kappa shape index (κ1) is 27.7. The molecule has 9 nitrogen and oxygen atoms in total. The molecule has 4 aromatic rings. The van der Waals surface area contributed by atoms with E-state index in [4.69, 9.17) is 10.1 Å². The number of nitrogens with zero attached hydrogens (tertiary/aromatic N) is 3. The zero-order valence-corrected chi connectivity index (χ0v) is 23.4. The van der Waals surface area contributed by atoms with Gasteiger partial charge in [0.2, 0.25) is 20.0 Å². The van der Waals surface area contributed by atoms with Crippen LogP contribution in [0.3, 0.4) is 0 Å². The number of aromatic nitrogens is 3. The van der Waals surface area contributed by atoms with Crippen molar-refractivity contribution >= 4 is 36.9 Å². The fourth-order valence-corrected chi connectivity index (χ4v) is 6.46. The van der Waals surface area contributed by atoms with Gasteiger partial charge in [0, 0.05) is 17.5 Å². The molecule has 0 unspecified atom stereocenters. The first-order valence-electron chi connectivity index (χ1n) is 12.6. The Morgan fingerprint density at radius 2 is 1.68 bits per heavy atom. The van der Waals surface area contributed by atoms with Gasteiger partial charge in [-0.2, -0.15) is 0 Å². The molecule has 0 atom stereocenters. The summed E-state index contributed by atoms with van der Waals surface area (Å²) >= 11 is 0. The Balaban J connectivity index is 1.68. The lowest BCUT2D eigenvalue weighted by Crippen LogP contribution is -2.17. The average Bonchev–Trinajstić information content (AvgIpc) is 3.22. The molecule has 0 saturated carbocycles. The topological polar surface area (TPSA) is 137 Å². The number of hydrogen-bond acceptors (Lipinski definition) is 6. The molecule has 11 heteroatoms. The summed E-state index contributed by atoms with van der Waals surface area (Å²) in [5, 5.41) is 5.41. The predicted octanol–water partition coefficient (Wildman–Crippen LogP) is 4.60. The van der Waals surface area contributed by atoms with Gasteiger partial charge >= 0.3 is 0 Å². The summed E-state index contributed by atoms with van der Waals surface area (Å²) in [5.74, 6) is 0.932. The second-order valence-corrected chi connectivity index (χ2v) is 12.7. The van der Waals surface area contributed by atoms with Crippen LogP contribution in [-0.2, 0) is 33.0 Å². The van der Waals surface area contributed by atoms with Gasteiger partial charge in [0.1, 0.15) is 11.3 Å². The average molecular weight is 556 g/mol. The van der Waals surface area contributed by atoms with Gasteiger partial charge in [-0.1, -0.05) is 62.7 Å². The van der Waals surface area contributed by atoms with Gasteiger partial charge in [0.15, 0.2) is 5.65 Å². The van der Waals surface area contributed by atoms with Crippen LogP contribution >= 0.6 is 0 Å². The van der Waals surface area contributed by atoms with E-state index in [1.165, 1.54) is 6.07 Å². The first-order valence-corrected chi connectivity index (χ1v) is 15.8. The lowest BCUT2D eigenvalue weighted by Gasteiger charge is -2.12. The molecule has 3 N–H and O–H groups in total. The Bertz CT molecular complexity index is 1660. The van der Waals surface area contributed by atoms with Crippen LogP contribution in [0, 0.1) is 6.92 Å². The maximum atomic E-state index is 12.5. The van der Waals surface area contributed by atoms with E-state index in [0.717, 1.165) is 41.8 Å². The number of rotatable bonds is 11. The number of sulfonamides is 2. The Kier molecular flexibility index (Phi) is 8.19. The smallest absolute Gasteiger partial charge is 0.238 e. The minimum absolute atomic E-state index is 0.0637. The molecule has 4 rings (SSSR count). The van der Waals surface area contributed by atoms with Crippen LogP contribution in [0.15, 0.2) is 59.6 Å². The number of imidazole rings is 1. The fourth-order valence-electron chi connectivity index (χ4n) is 4.38. The molecular weight excluding hydrogens is 522 g/mol. The third-order valence-electron chi connectivity index (χ3n) is 6.40. The summed E-state index contributed by atoms with van der Waals surface area (Å²) in [6.07, 6.45) is 4.57. The van der Waals surface area contributed by atoms with Crippen LogP contribution in [-0.4, -0.2) is 37.1 Å². The maximum Gasteiger partial charge on any atom is 0.238 e. The summed E-state index contributed by atoms with van der Waals surface area (Å²) in [6.45, 7) is 6.39. The third kappa shape index (κ3) is 6.06. The molecule has 0 fully saturated rings. The minimum Gasteiger partial charge on any atom is -0.308 e. The van der Waals surface area contributed by atoms with E-state index in [2.05, 4.69) is 21.2 Å². The van der Waals surface area contributed by atoms with Gasteiger partial charge in [0.25, 0.3) is 0 Å². The van der Waals surface area contributed by atoms with Crippen LogP contribution in [0.5, 0.6) is 0 Å². The van der Waals surface area contributed by atoms with Crippen LogP contribution in [0.1, 0.15) is 50.1 Å². The number of fused-ring (bicyclic) bond motifs is 1. The molecule has 2 heterocycles. The highest BCUT2D eigenvalue weighted by atomic mass is 32.2. The summed E-state index contributed by atoms with van der Waals surface area (Å²) in [5.41, 5.74) is 4.82. The molecule has 2 aromatic heterocycles. The van der Waals surface area contributed by atoms with Gasteiger partial charge in [-0.25, -0.2) is 31.9 Å². The van der Waals surface area contributed by atoms with Crippen molar-refractivity contribution < 1.29 is 16.8 Å². The van der Waals surface area contributed by atoms with Gasteiger partial charge in [-0.3, -0.25) is 4.72 Å². The Morgan fingerprint density at radius 3 is 2.34 bits per heavy atom. The normalized spacial score (nSPS) is 12.2. The zero-order valence-electron chi connectivity index (χ0n) is 21.8. The molecule has 0 radical (unpaired) electrons. The summed E-state index contributed by atoms with van der Waals surface area (Å²) in [4.78, 5) is 9.52. The van der Waals surface area contributed by atoms with Crippen molar-refractivity contribution in [3.05, 3.63) is 71.7 Å². The highest BCUT2D eigenvalue weighted by molar-refractivity contribution is 7.92. The van der Waals surface area contributed by atoms with E-state index in [-0.39, 0.29) is 10.6 Å². The minimum atomic E-state index is -3.86. The number of hydrogen-bond donors (Lipinski definition) is 2. The second kappa shape index (κ2) is 11.2. The molecular formula is C27H33N5O4S2. The van der Waals surface area contributed by atoms with Gasteiger partial charge in [0.05, 0.1) is 29.1 Å². The fraction of sp³-hybridized carbons (Fsp3) is 0.333. The Hall–Kier alpha value is -3.28. The van der Waals surface area contributed by atoms with E-state index in [1.807, 2.05) is 38.1 Å². The molecule has 0 spiro atoms. The van der Waals surface area contributed by atoms with E-state index in [1.54, 1.807) is 24.4 Å². The number of primary sulfonamides is 1. The van der Waals surface area contributed by atoms with E-state index in [9.17, 15) is 16.8 Å². The van der Waals surface area contributed by atoms with Gasteiger partial charge in [-0.05, 0) is 37.0 Å². The monoisotopic (exact) mass is 555 g/mol. The molecule has 0 aliphatic rings. The number of benzene rings is 2. The first-order chi connectivity index (χ1) is 18.0. The molecule has 38 heavy (non-hydrogen) atoms. The number of anilines is 1. The number of nitrogens with one attached hydrogen (secondary N) is 1. The van der Waals surface area contributed by atoms with Crippen molar-refractivity contribution in [2.45, 2.75) is 57.9 Å².